The molecule has 78 valence electrons. The largest absolute Gasteiger partial charge is 0.330 e. The molecule has 0 spiro atoms. The second-order valence-electron chi connectivity index (χ2n) is 3.35. The number of hydrogen-bond donors (Lipinski definition) is 1. The van der Waals surface area contributed by atoms with Crippen LogP contribution in [0.3, 0.4) is 0 Å². The van der Waals surface area contributed by atoms with Crippen molar-refractivity contribution >= 4 is 11.6 Å². The fourth-order valence-corrected chi connectivity index (χ4v) is 1.55. The van der Waals surface area contributed by atoms with Crippen LogP contribution in [0.25, 0.3) is 0 Å². The topological polar surface area (TPSA) is 26.0 Å². The average Bonchev–Trinajstić information content (AvgIpc) is 2.18. The standard InChI is InChI=1S/C11H15ClFN/c12-10-8-9(5-6-11(10)13)4-2-1-3-7-14/h5-6,8H,1-4,7,14H2. The van der Waals surface area contributed by atoms with Gasteiger partial charge < -0.3 is 5.73 Å². The molecule has 0 aromatic heterocycles. The van der Waals surface area contributed by atoms with Crippen molar-refractivity contribution in [2.45, 2.75) is 25.7 Å². The van der Waals surface area contributed by atoms with Gasteiger partial charge in [-0.1, -0.05) is 24.1 Å². The maximum atomic E-state index is 12.8. The number of halogens is 2. The second kappa shape index (κ2) is 5.99. The molecule has 0 aliphatic carbocycles. The lowest BCUT2D eigenvalue weighted by Gasteiger charge is -2.02. The van der Waals surface area contributed by atoms with Crippen LogP contribution >= 0.6 is 11.6 Å². The van der Waals surface area contributed by atoms with Crippen molar-refractivity contribution in [1.29, 1.82) is 0 Å². The average molecular weight is 216 g/mol. The molecule has 1 aromatic rings. The number of aryl methyl sites for hydroxylation is 1. The lowest BCUT2D eigenvalue weighted by atomic mass is 10.1. The molecule has 0 saturated carbocycles. The summed E-state index contributed by atoms with van der Waals surface area (Å²) >= 11 is 5.66. The fourth-order valence-electron chi connectivity index (χ4n) is 1.35. The van der Waals surface area contributed by atoms with E-state index in [2.05, 4.69) is 0 Å². The van der Waals surface area contributed by atoms with Gasteiger partial charge in [0.15, 0.2) is 0 Å². The lowest BCUT2D eigenvalue weighted by Crippen LogP contribution is -1.98. The molecule has 0 saturated heterocycles. The summed E-state index contributed by atoms with van der Waals surface area (Å²) in [5, 5.41) is 0.210. The first-order valence-corrected chi connectivity index (χ1v) is 5.26. The molecule has 14 heavy (non-hydrogen) atoms. The van der Waals surface area contributed by atoms with Crippen LogP contribution in [0.5, 0.6) is 0 Å². The van der Waals surface area contributed by atoms with E-state index in [9.17, 15) is 4.39 Å². The molecule has 0 radical (unpaired) electrons. The first-order chi connectivity index (χ1) is 6.74. The van der Waals surface area contributed by atoms with Crippen LogP contribution in [-0.2, 0) is 6.42 Å². The second-order valence-corrected chi connectivity index (χ2v) is 3.75. The Kier molecular flexibility index (Phi) is 4.91. The molecule has 2 N–H and O–H groups in total. The zero-order valence-electron chi connectivity index (χ0n) is 8.10. The van der Waals surface area contributed by atoms with Crippen LogP contribution in [0.1, 0.15) is 24.8 Å². The van der Waals surface area contributed by atoms with E-state index in [1.807, 2.05) is 0 Å². The first-order valence-electron chi connectivity index (χ1n) is 4.88. The minimum atomic E-state index is -0.350. The Hall–Kier alpha value is -0.600. The molecular formula is C11H15ClFN. The third kappa shape index (κ3) is 3.64. The van der Waals surface area contributed by atoms with Crippen LogP contribution in [0.4, 0.5) is 4.39 Å². The zero-order valence-corrected chi connectivity index (χ0v) is 8.86. The molecule has 0 atom stereocenters. The Balaban J connectivity index is 2.39. The van der Waals surface area contributed by atoms with E-state index in [0.717, 1.165) is 37.8 Å². The Morgan fingerprint density at radius 2 is 2.00 bits per heavy atom. The predicted molar refractivity (Wildman–Crippen MR) is 58.0 cm³/mol. The van der Waals surface area contributed by atoms with Crippen molar-refractivity contribution in [2.75, 3.05) is 6.54 Å². The van der Waals surface area contributed by atoms with Crippen molar-refractivity contribution in [2.24, 2.45) is 5.73 Å². The SMILES string of the molecule is NCCCCCc1ccc(F)c(Cl)c1. The van der Waals surface area contributed by atoms with Crippen LogP contribution in [0, 0.1) is 5.82 Å². The van der Waals surface area contributed by atoms with Crippen molar-refractivity contribution in [3.05, 3.63) is 34.6 Å². The Morgan fingerprint density at radius 1 is 1.21 bits per heavy atom. The molecule has 0 unspecified atom stereocenters. The van der Waals surface area contributed by atoms with Gasteiger partial charge in [-0.15, -0.1) is 0 Å². The van der Waals surface area contributed by atoms with E-state index in [0.29, 0.717) is 0 Å². The first kappa shape index (κ1) is 11.5. The van der Waals surface area contributed by atoms with E-state index in [4.69, 9.17) is 17.3 Å². The minimum absolute atomic E-state index is 0.210. The summed E-state index contributed by atoms with van der Waals surface area (Å²) in [6.45, 7) is 0.740. The van der Waals surface area contributed by atoms with Gasteiger partial charge in [-0.2, -0.15) is 0 Å². The molecule has 1 aromatic carbocycles. The van der Waals surface area contributed by atoms with Gasteiger partial charge in [-0.25, -0.2) is 4.39 Å². The molecule has 0 amide bonds. The summed E-state index contributed by atoms with van der Waals surface area (Å²) < 4.78 is 12.8. The Bertz CT molecular complexity index is 289. The Labute approximate surface area is 89.1 Å². The summed E-state index contributed by atoms with van der Waals surface area (Å²) in [7, 11) is 0. The molecule has 1 rings (SSSR count). The number of hydrogen-bond acceptors (Lipinski definition) is 1. The van der Waals surface area contributed by atoms with Gasteiger partial charge in [0.25, 0.3) is 0 Å². The van der Waals surface area contributed by atoms with Gasteiger partial charge in [-0.3, -0.25) is 0 Å². The summed E-state index contributed by atoms with van der Waals surface area (Å²) in [4.78, 5) is 0. The smallest absolute Gasteiger partial charge is 0.141 e. The van der Waals surface area contributed by atoms with Gasteiger partial charge in [0, 0.05) is 0 Å². The summed E-state index contributed by atoms with van der Waals surface area (Å²) in [5.74, 6) is -0.350. The third-order valence-corrected chi connectivity index (χ3v) is 2.44. The van der Waals surface area contributed by atoms with Gasteiger partial charge in [-0.05, 0) is 43.5 Å². The predicted octanol–water partition coefficient (Wildman–Crippen LogP) is 3.15. The summed E-state index contributed by atoms with van der Waals surface area (Å²) in [6, 6.07) is 4.89. The van der Waals surface area contributed by atoms with E-state index < -0.39 is 0 Å². The maximum absolute atomic E-state index is 12.8. The number of nitrogens with two attached hydrogens (primary N) is 1. The summed E-state index contributed by atoms with van der Waals surface area (Å²) in [6.07, 6.45) is 4.19. The van der Waals surface area contributed by atoms with E-state index in [1.54, 1.807) is 12.1 Å². The number of rotatable bonds is 5. The molecule has 0 aliphatic heterocycles. The van der Waals surface area contributed by atoms with Crippen LogP contribution in [0.2, 0.25) is 5.02 Å². The van der Waals surface area contributed by atoms with Crippen LogP contribution in [-0.4, -0.2) is 6.54 Å². The van der Waals surface area contributed by atoms with E-state index in [-0.39, 0.29) is 10.8 Å². The zero-order chi connectivity index (χ0) is 10.4. The molecule has 0 bridgehead atoms. The quantitative estimate of drug-likeness (QED) is 0.751. The van der Waals surface area contributed by atoms with Crippen LogP contribution < -0.4 is 5.73 Å². The molecular weight excluding hydrogens is 201 g/mol. The van der Waals surface area contributed by atoms with Crippen LogP contribution in [0.15, 0.2) is 18.2 Å². The van der Waals surface area contributed by atoms with Crippen molar-refractivity contribution < 1.29 is 4.39 Å². The minimum Gasteiger partial charge on any atom is -0.330 e. The highest BCUT2D eigenvalue weighted by Crippen LogP contribution is 2.17. The molecule has 0 aliphatic rings. The van der Waals surface area contributed by atoms with Crippen molar-refractivity contribution in [1.82, 2.24) is 0 Å². The lowest BCUT2D eigenvalue weighted by molar-refractivity contribution is 0.626. The van der Waals surface area contributed by atoms with Gasteiger partial charge in [0.05, 0.1) is 5.02 Å². The van der Waals surface area contributed by atoms with Gasteiger partial charge in [0.2, 0.25) is 0 Å². The number of benzene rings is 1. The van der Waals surface area contributed by atoms with E-state index in [1.165, 1.54) is 6.07 Å². The number of unbranched alkanes of at least 4 members (excludes halogenated alkanes) is 2. The molecule has 3 heteroatoms. The highest BCUT2D eigenvalue weighted by Gasteiger charge is 2.00. The third-order valence-electron chi connectivity index (χ3n) is 2.15. The highest BCUT2D eigenvalue weighted by atomic mass is 35.5. The molecule has 0 fully saturated rings. The van der Waals surface area contributed by atoms with Crippen molar-refractivity contribution in [3.8, 4) is 0 Å². The monoisotopic (exact) mass is 215 g/mol. The highest BCUT2D eigenvalue weighted by molar-refractivity contribution is 6.30. The van der Waals surface area contributed by atoms with E-state index >= 15 is 0 Å². The normalized spacial score (nSPS) is 10.5. The maximum Gasteiger partial charge on any atom is 0.141 e. The van der Waals surface area contributed by atoms with Gasteiger partial charge >= 0.3 is 0 Å². The summed E-state index contributed by atoms with van der Waals surface area (Å²) in [5.41, 5.74) is 6.47. The Morgan fingerprint density at radius 3 is 2.64 bits per heavy atom. The molecule has 1 nitrogen and oxygen atoms in total. The molecule has 0 heterocycles. The fraction of sp³-hybridized carbons (Fsp3) is 0.455. The van der Waals surface area contributed by atoms with Crippen molar-refractivity contribution in [3.63, 3.8) is 0 Å². The van der Waals surface area contributed by atoms with Gasteiger partial charge in [0.1, 0.15) is 5.82 Å².